The number of hydrogen-bond acceptors (Lipinski definition) is 5. The van der Waals surface area contributed by atoms with Gasteiger partial charge in [-0.1, -0.05) is 12.1 Å². The largest absolute Gasteiger partial charge is 0.504 e. The maximum absolute atomic E-state index is 12.8. The van der Waals surface area contributed by atoms with Gasteiger partial charge in [0.15, 0.2) is 11.5 Å². The van der Waals surface area contributed by atoms with Crippen molar-refractivity contribution in [1.29, 1.82) is 0 Å². The molecule has 1 aliphatic heterocycles. The third-order valence-electron chi connectivity index (χ3n) is 4.40. The van der Waals surface area contributed by atoms with Crippen molar-refractivity contribution in [3.05, 3.63) is 76.5 Å². The maximum atomic E-state index is 12.8. The van der Waals surface area contributed by atoms with Crippen molar-refractivity contribution in [3.63, 3.8) is 0 Å². The molecule has 0 saturated carbocycles. The highest BCUT2D eigenvalue weighted by Gasteiger charge is 2.24. The summed E-state index contributed by atoms with van der Waals surface area (Å²) in [4.78, 5) is 32.5. The summed E-state index contributed by atoms with van der Waals surface area (Å²) in [6.45, 7) is 0.842. The van der Waals surface area contributed by atoms with Crippen LogP contribution in [-0.2, 0) is 6.54 Å². The van der Waals surface area contributed by atoms with Crippen LogP contribution in [0.2, 0.25) is 0 Å². The van der Waals surface area contributed by atoms with E-state index in [0.717, 1.165) is 11.1 Å². The fourth-order valence-electron chi connectivity index (χ4n) is 3.12. The quantitative estimate of drug-likeness (QED) is 0.728. The average molecular weight is 363 g/mol. The number of nitrogens with zero attached hydrogens (tertiary/aromatic N) is 2. The molecule has 1 aliphatic rings. The Morgan fingerprint density at radius 1 is 1.19 bits per heavy atom. The summed E-state index contributed by atoms with van der Waals surface area (Å²) >= 11 is 0. The summed E-state index contributed by atoms with van der Waals surface area (Å²) in [7, 11) is 0. The Morgan fingerprint density at radius 2 is 2.07 bits per heavy atom. The Hall–Kier alpha value is -3.61. The first-order valence-electron chi connectivity index (χ1n) is 8.49. The smallest absolute Gasteiger partial charge is 0.270 e. The number of H-pyrrole nitrogens is 1. The minimum atomic E-state index is -0.330. The predicted octanol–water partition coefficient (Wildman–Crippen LogP) is 2.18. The first kappa shape index (κ1) is 16.8. The van der Waals surface area contributed by atoms with Crippen molar-refractivity contribution in [1.82, 2.24) is 14.9 Å². The summed E-state index contributed by atoms with van der Waals surface area (Å²) in [6.07, 6.45) is 3.38. The van der Waals surface area contributed by atoms with Crippen molar-refractivity contribution in [3.8, 4) is 22.6 Å². The number of phenolic OH excluding ortho intramolecular Hbond substituents is 1. The number of phenols is 1. The molecule has 0 unspecified atom stereocenters. The molecular formula is C20H17N3O4. The van der Waals surface area contributed by atoms with Crippen LogP contribution in [0.15, 0.2) is 59.7 Å². The van der Waals surface area contributed by atoms with Crippen molar-refractivity contribution in [2.24, 2.45) is 0 Å². The first-order valence-corrected chi connectivity index (χ1v) is 8.49. The van der Waals surface area contributed by atoms with Gasteiger partial charge in [-0.2, -0.15) is 0 Å². The molecule has 4 rings (SSSR count). The molecule has 1 amide bonds. The van der Waals surface area contributed by atoms with E-state index in [1.165, 1.54) is 6.07 Å². The van der Waals surface area contributed by atoms with Crippen LogP contribution in [0.4, 0.5) is 0 Å². The second kappa shape index (κ2) is 6.95. The van der Waals surface area contributed by atoms with E-state index in [-0.39, 0.29) is 36.1 Å². The summed E-state index contributed by atoms with van der Waals surface area (Å²) in [5, 5.41) is 10.4. The molecule has 1 aromatic carbocycles. The lowest BCUT2D eigenvalue weighted by molar-refractivity contribution is 0.0727. The number of pyridine rings is 2. The Bertz CT molecular complexity index is 1050. The van der Waals surface area contributed by atoms with E-state index in [4.69, 9.17) is 4.74 Å². The van der Waals surface area contributed by atoms with Crippen molar-refractivity contribution < 1.29 is 14.6 Å². The lowest BCUT2D eigenvalue weighted by Crippen LogP contribution is -2.33. The van der Waals surface area contributed by atoms with Gasteiger partial charge < -0.3 is 19.7 Å². The Morgan fingerprint density at radius 3 is 2.85 bits per heavy atom. The molecule has 0 saturated heterocycles. The van der Waals surface area contributed by atoms with E-state index in [0.29, 0.717) is 17.9 Å². The summed E-state index contributed by atoms with van der Waals surface area (Å²) in [5.41, 5.74) is 2.22. The molecular weight excluding hydrogens is 346 g/mol. The van der Waals surface area contributed by atoms with Crippen molar-refractivity contribution >= 4 is 5.91 Å². The molecule has 136 valence electrons. The minimum absolute atomic E-state index is 0.0220. The molecule has 0 atom stereocenters. The number of hydrogen-bond donors (Lipinski definition) is 2. The molecule has 0 bridgehead atoms. The highest BCUT2D eigenvalue weighted by atomic mass is 16.5. The molecule has 7 heteroatoms. The zero-order valence-electron chi connectivity index (χ0n) is 14.4. The van der Waals surface area contributed by atoms with E-state index < -0.39 is 0 Å². The molecule has 3 aromatic rings. The number of aromatic amines is 1. The van der Waals surface area contributed by atoms with Gasteiger partial charge in [0.05, 0.1) is 6.54 Å². The molecule has 0 radical (unpaired) electrons. The average Bonchev–Trinajstić information content (AvgIpc) is 2.91. The summed E-state index contributed by atoms with van der Waals surface area (Å²) < 4.78 is 5.68. The van der Waals surface area contributed by atoms with Gasteiger partial charge in [0.2, 0.25) is 5.56 Å². The minimum Gasteiger partial charge on any atom is -0.504 e. The normalized spacial score (nSPS) is 13.4. The number of rotatable bonds is 2. The van der Waals surface area contributed by atoms with Crippen LogP contribution in [0.3, 0.4) is 0 Å². The second-order valence-electron chi connectivity index (χ2n) is 6.23. The molecule has 3 heterocycles. The van der Waals surface area contributed by atoms with Gasteiger partial charge in [-0.15, -0.1) is 0 Å². The van der Waals surface area contributed by atoms with Gasteiger partial charge in [0, 0.05) is 36.1 Å². The van der Waals surface area contributed by atoms with Crippen LogP contribution in [-0.4, -0.2) is 39.0 Å². The maximum Gasteiger partial charge on any atom is 0.270 e. The van der Waals surface area contributed by atoms with E-state index in [2.05, 4.69) is 9.97 Å². The number of aromatic hydroxyl groups is 1. The van der Waals surface area contributed by atoms with Crippen molar-refractivity contribution in [2.75, 3.05) is 13.2 Å². The van der Waals surface area contributed by atoms with E-state index in [9.17, 15) is 14.7 Å². The van der Waals surface area contributed by atoms with Crippen molar-refractivity contribution in [2.45, 2.75) is 6.54 Å². The highest BCUT2D eigenvalue weighted by molar-refractivity contribution is 5.92. The van der Waals surface area contributed by atoms with Gasteiger partial charge in [0.25, 0.3) is 5.91 Å². The SMILES string of the molecule is O=C(c1cccc(=O)[nH]1)N1CCOc2c(O)cc(-c3cccnc3)cc2C1. The standard InChI is InChI=1S/C20H17N3O4/c24-17-10-14(13-3-2-6-21-11-13)9-15-12-23(7-8-27-19(15)17)20(26)16-4-1-5-18(25)22-16/h1-6,9-11,24H,7-8,12H2,(H,22,25). The molecule has 27 heavy (non-hydrogen) atoms. The molecule has 0 spiro atoms. The Balaban J connectivity index is 1.70. The summed E-state index contributed by atoms with van der Waals surface area (Å²) in [6, 6.07) is 11.7. The second-order valence-corrected chi connectivity index (χ2v) is 6.23. The number of nitrogens with one attached hydrogen (secondary N) is 1. The van der Waals surface area contributed by atoms with E-state index in [1.807, 2.05) is 18.2 Å². The number of carbonyl (C=O) groups excluding carboxylic acids is 1. The zero-order valence-corrected chi connectivity index (χ0v) is 14.4. The summed E-state index contributed by atoms with van der Waals surface area (Å²) in [5.74, 6) is 0.101. The van der Waals surface area contributed by atoms with Crippen LogP contribution >= 0.6 is 0 Å². The first-order chi connectivity index (χ1) is 13.1. The molecule has 0 fully saturated rings. The highest BCUT2D eigenvalue weighted by Crippen LogP contribution is 2.37. The molecule has 2 N–H and O–H groups in total. The van der Waals surface area contributed by atoms with Gasteiger partial charge in [0.1, 0.15) is 12.3 Å². The molecule has 0 aliphatic carbocycles. The number of aromatic nitrogens is 2. The predicted molar refractivity (Wildman–Crippen MR) is 98.6 cm³/mol. The van der Waals surface area contributed by atoms with Crippen LogP contribution in [0, 0.1) is 0 Å². The van der Waals surface area contributed by atoms with Crippen LogP contribution in [0.5, 0.6) is 11.5 Å². The molecule has 2 aromatic heterocycles. The topological polar surface area (TPSA) is 95.5 Å². The van der Waals surface area contributed by atoms with E-state index >= 15 is 0 Å². The van der Waals surface area contributed by atoms with Gasteiger partial charge >= 0.3 is 0 Å². The van der Waals surface area contributed by atoms with Gasteiger partial charge in [-0.3, -0.25) is 14.6 Å². The number of amides is 1. The lowest BCUT2D eigenvalue weighted by atomic mass is 10.0. The fourth-order valence-corrected chi connectivity index (χ4v) is 3.12. The lowest BCUT2D eigenvalue weighted by Gasteiger charge is -2.20. The third kappa shape index (κ3) is 3.39. The molecule has 7 nitrogen and oxygen atoms in total. The Kier molecular flexibility index (Phi) is 4.33. The number of benzene rings is 1. The van der Waals surface area contributed by atoms with Gasteiger partial charge in [-0.05, 0) is 29.8 Å². The monoisotopic (exact) mass is 363 g/mol. The van der Waals surface area contributed by atoms with E-state index in [1.54, 1.807) is 35.5 Å². The van der Waals surface area contributed by atoms with Crippen LogP contribution in [0.1, 0.15) is 16.1 Å². The zero-order chi connectivity index (χ0) is 18.8. The number of ether oxygens (including phenoxy) is 1. The van der Waals surface area contributed by atoms with Gasteiger partial charge in [-0.25, -0.2) is 0 Å². The van der Waals surface area contributed by atoms with Crippen LogP contribution < -0.4 is 10.3 Å². The number of fused-ring (bicyclic) bond motifs is 1. The fraction of sp³-hybridized carbons (Fsp3) is 0.150. The third-order valence-corrected chi connectivity index (χ3v) is 4.40. The van der Waals surface area contributed by atoms with Crippen LogP contribution in [0.25, 0.3) is 11.1 Å². The number of carbonyl (C=O) groups is 1. The Labute approximate surface area is 154 Å².